The van der Waals surface area contributed by atoms with E-state index in [1.807, 2.05) is 0 Å². The monoisotopic (exact) mass is 356 g/mol. The predicted octanol–water partition coefficient (Wildman–Crippen LogP) is 7.90. The fourth-order valence-electron chi connectivity index (χ4n) is 3.48. The molecule has 0 saturated heterocycles. The molecule has 21 heavy (non-hydrogen) atoms. The summed E-state index contributed by atoms with van der Waals surface area (Å²) in [5.41, 5.74) is 0. The number of unbranched alkanes of at least 4 members (excludes halogenated alkanes) is 6. The van der Waals surface area contributed by atoms with Crippen LogP contribution in [0, 0.1) is 0 Å². The molecule has 0 aromatic heterocycles. The third kappa shape index (κ3) is 9.11. The van der Waals surface area contributed by atoms with Gasteiger partial charge in [0.25, 0.3) is 0 Å². The maximum absolute atomic E-state index is 4.67. The van der Waals surface area contributed by atoms with Crippen LogP contribution in [0.1, 0.15) is 98.3 Å². The zero-order valence-corrected chi connectivity index (χ0v) is 17.7. The Balaban J connectivity index is 4.70. The van der Waals surface area contributed by atoms with Crippen molar-refractivity contribution in [3.63, 3.8) is 0 Å². The molecule has 0 aromatic carbocycles. The van der Waals surface area contributed by atoms with E-state index in [9.17, 15) is 0 Å². The summed E-state index contributed by atoms with van der Waals surface area (Å²) >= 11 is -1.81. The van der Waals surface area contributed by atoms with Crippen molar-refractivity contribution >= 4 is 13.3 Å². The summed E-state index contributed by atoms with van der Waals surface area (Å²) in [6.45, 7) is 14.0. The van der Waals surface area contributed by atoms with Crippen molar-refractivity contribution in [2.45, 2.75) is 114 Å². The van der Waals surface area contributed by atoms with Gasteiger partial charge in [-0.1, -0.05) is 0 Å². The van der Waals surface area contributed by atoms with Gasteiger partial charge in [0.1, 0.15) is 0 Å². The summed E-state index contributed by atoms with van der Waals surface area (Å²) in [6.07, 6.45) is 15.4. The standard InChI is InChI=1S/C20H42Ge/c1-6-10-14-15-16-20(5)21(17-11-7-2,18-12-8-3)19-13-9-4/h5-19H2,1-4H3. The molecule has 0 aliphatic carbocycles. The Bertz CT molecular complexity index is 222. The second-order valence-corrected chi connectivity index (χ2v) is 17.0. The van der Waals surface area contributed by atoms with Crippen molar-refractivity contribution in [2.24, 2.45) is 0 Å². The van der Waals surface area contributed by atoms with Crippen LogP contribution in [-0.4, -0.2) is 13.3 Å². The molecule has 0 aliphatic heterocycles. The Kier molecular flexibility index (Phi) is 14.1. The van der Waals surface area contributed by atoms with Crippen LogP contribution in [0.2, 0.25) is 15.8 Å². The Hall–Kier alpha value is 0.283. The summed E-state index contributed by atoms with van der Waals surface area (Å²) in [6, 6.07) is 0. The summed E-state index contributed by atoms with van der Waals surface area (Å²) in [5.74, 6) is 0. The molecule has 0 atom stereocenters. The van der Waals surface area contributed by atoms with Crippen LogP contribution in [0.15, 0.2) is 11.0 Å². The zero-order chi connectivity index (χ0) is 16.0. The van der Waals surface area contributed by atoms with Crippen LogP contribution in [0.3, 0.4) is 0 Å². The Morgan fingerprint density at radius 2 is 1.05 bits per heavy atom. The first-order chi connectivity index (χ1) is 10.2. The van der Waals surface area contributed by atoms with Crippen LogP contribution < -0.4 is 0 Å². The van der Waals surface area contributed by atoms with Crippen molar-refractivity contribution in [3.8, 4) is 0 Å². The summed E-state index contributed by atoms with van der Waals surface area (Å²) in [4.78, 5) is 0. The van der Waals surface area contributed by atoms with Crippen LogP contribution in [0.25, 0.3) is 0 Å². The molecule has 0 radical (unpaired) electrons. The molecule has 0 nitrogen and oxygen atoms in total. The molecule has 0 rings (SSSR count). The van der Waals surface area contributed by atoms with Gasteiger partial charge < -0.3 is 0 Å². The molecule has 0 spiro atoms. The Morgan fingerprint density at radius 1 is 0.619 bits per heavy atom. The quantitative estimate of drug-likeness (QED) is 0.207. The van der Waals surface area contributed by atoms with E-state index >= 15 is 0 Å². The van der Waals surface area contributed by atoms with Gasteiger partial charge in [-0.05, 0) is 0 Å². The number of allylic oxidation sites excluding steroid dienone is 1. The number of rotatable bonds is 15. The molecule has 0 fully saturated rings. The molecular formula is C20H42Ge. The molecule has 0 saturated carbocycles. The zero-order valence-electron chi connectivity index (χ0n) is 15.6. The second-order valence-electron chi connectivity index (χ2n) is 7.01. The predicted molar refractivity (Wildman–Crippen MR) is 103 cm³/mol. The molecule has 126 valence electrons. The van der Waals surface area contributed by atoms with Crippen LogP contribution in [0.5, 0.6) is 0 Å². The van der Waals surface area contributed by atoms with Gasteiger partial charge >= 0.3 is 138 Å². The summed E-state index contributed by atoms with van der Waals surface area (Å²) in [5, 5.41) is 4.72. The van der Waals surface area contributed by atoms with Crippen molar-refractivity contribution < 1.29 is 0 Å². The number of hydrogen-bond acceptors (Lipinski definition) is 0. The second kappa shape index (κ2) is 13.9. The van der Waals surface area contributed by atoms with E-state index < -0.39 is 13.3 Å². The number of hydrogen-bond donors (Lipinski definition) is 0. The first-order valence-electron chi connectivity index (χ1n) is 9.85. The fourth-order valence-corrected chi connectivity index (χ4v) is 15.2. The van der Waals surface area contributed by atoms with Crippen LogP contribution in [-0.2, 0) is 0 Å². The topological polar surface area (TPSA) is 0 Å². The van der Waals surface area contributed by atoms with E-state index in [-0.39, 0.29) is 0 Å². The molecule has 0 unspecified atom stereocenters. The van der Waals surface area contributed by atoms with Gasteiger partial charge in [0.2, 0.25) is 0 Å². The molecule has 0 bridgehead atoms. The van der Waals surface area contributed by atoms with Gasteiger partial charge in [-0.2, -0.15) is 0 Å². The minimum atomic E-state index is -1.81. The minimum absolute atomic E-state index is 1.35. The molecule has 1 heteroatoms. The first-order valence-corrected chi connectivity index (χ1v) is 15.3. The van der Waals surface area contributed by atoms with E-state index in [0.29, 0.717) is 0 Å². The normalized spacial score (nSPS) is 11.8. The average molecular weight is 355 g/mol. The Labute approximate surface area is 138 Å². The van der Waals surface area contributed by atoms with E-state index in [1.165, 1.54) is 70.6 Å². The third-order valence-electron chi connectivity index (χ3n) is 5.11. The molecule has 0 aromatic rings. The van der Waals surface area contributed by atoms with Crippen LogP contribution >= 0.6 is 0 Å². The maximum atomic E-state index is 4.67. The van der Waals surface area contributed by atoms with Crippen molar-refractivity contribution in [1.82, 2.24) is 0 Å². The van der Waals surface area contributed by atoms with Gasteiger partial charge in [-0.25, -0.2) is 0 Å². The average Bonchev–Trinajstić information content (AvgIpc) is 2.51. The molecule has 0 heterocycles. The van der Waals surface area contributed by atoms with Gasteiger partial charge in [-0.3, -0.25) is 0 Å². The third-order valence-corrected chi connectivity index (χ3v) is 17.0. The Morgan fingerprint density at radius 3 is 1.43 bits per heavy atom. The molecule has 0 N–H and O–H groups in total. The molecule has 0 amide bonds. The van der Waals surface area contributed by atoms with Crippen molar-refractivity contribution in [2.75, 3.05) is 0 Å². The van der Waals surface area contributed by atoms with Gasteiger partial charge in [-0.15, -0.1) is 0 Å². The molecule has 0 aliphatic rings. The first kappa shape index (κ1) is 21.3. The van der Waals surface area contributed by atoms with E-state index in [2.05, 4.69) is 34.3 Å². The molecular weight excluding hydrogens is 313 g/mol. The van der Waals surface area contributed by atoms with Crippen molar-refractivity contribution in [3.05, 3.63) is 11.0 Å². The van der Waals surface area contributed by atoms with Gasteiger partial charge in [0, 0.05) is 0 Å². The van der Waals surface area contributed by atoms with E-state index in [0.717, 1.165) is 0 Å². The van der Waals surface area contributed by atoms with Crippen molar-refractivity contribution in [1.29, 1.82) is 0 Å². The van der Waals surface area contributed by atoms with Crippen LogP contribution in [0.4, 0.5) is 0 Å². The fraction of sp³-hybridized carbons (Fsp3) is 0.900. The van der Waals surface area contributed by atoms with E-state index in [4.69, 9.17) is 0 Å². The van der Waals surface area contributed by atoms with Gasteiger partial charge in [0.05, 0.1) is 0 Å². The summed E-state index contributed by atoms with van der Waals surface area (Å²) < 4.78 is 1.78. The van der Waals surface area contributed by atoms with Gasteiger partial charge in [0.15, 0.2) is 0 Å². The summed E-state index contributed by atoms with van der Waals surface area (Å²) in [7, 11) is 0. The van der Waals surface area contributed by atoms with E-state index in [1.54, 1.807) is 20.2 Å². The SMILES string of the molecule is C=[C](CCCCCC)[Ge]([CH2]CCC)([CH2]CCC)[CH2]CCC.